The van der Waals surface area contributed by atoms with Gasteiger partial charge in [0.1, 0.15) is 11.7 Å². The zero-order chi connectivity index (χ0) is 26.8. The van der Waals surface area contributed by atoms with Gasteiger partial charge in [0.2, 0.25) is 5.91 Å². The van der Waals surface area contributed by atoms with Crippen LogP contribution < -0.4 is 16.6 Å². The molecule has 196 valence electrons. The van der Waals surface area contributed by atoms with Crippen molar-refractivity contribution in [2.75, 3.05) is 0 Å². The summed E-state index contributed by atoms with van der Waals surface area (Å²) in [4.78, 5) is 61.5. The minimum Gasteiger partial charge on any atom is -0.444 e. The van der Waals surface area contributed by atoms with Crippen molar-refractivity contribution < 1.29 is 29.0 Å². The number of carbonyl (C=O) groups is 4. The van der Waals surface area contributed by atoms with Gasteiger partial charge in [-0.3, -0.25) is 19.2 Å². The maximum absolute atomic E-state index is 13.0. The van der Waals surface area contributed by atoms with Crippen molar-refractivity contribution >= 4 is 23.6 Å². The molecule has 0 aliphatic rings. The number of amides is 2. The molecule has 0 fully saturated rings. The van der Waals surface area contributed by atoms with Crippen LogP contribution in [-0.4, -0.2) is 51.0 Å². The number of aliphatic hydroxyl groups excluding tert-OH is 1. The SMILES string of the molecule is CC(C)CCCC(=O)Cn1cccc(CC(=O)[C@H](CCC(O)C(N)=O)NC(=O)OC(C)(C)C)c1=O. The molecular formula is C25H39N3O7. The summed E-state index contributed by atoms with van der Waals surface area (Å²) in [5.74, 6) is -1.03. The summed E-state index contributed by atoms with van der Waals surface area (Å²) in [6, 6.07) is 1.95. The first-order valence-electron chi connectivity index (χ1n) is 11.9. The molecule has 10 nitrogen and oxygen atoms in total. The van der Waals surface area contributed by atoms with Crippen LogP contribution in [0.4, 0.5) is 4.79 Å². The van der Waals surface area contributed by atoms with Gasteiger partial charge < -0.3 is 25.5 Å². The van der Waals surface area contributed by atoms with E-state index in [9.17, 15) is 29.1 Å². The van der Waals surface area contributed by atoms with Crippen LogP contribution >= 0.6 is 0 Å². The Labute approximate surface area is 206 Å². The molecule has 35 heavy (non-hydrogen) atoms. The van der Waals surface area contributed by atoms with Gasteiger partial charge in [0, 0.05) is 24.6 Å². The predicted octanol–water partition coefficient (Wildman–Crippen LogP) is 1.88. The third-order valence-corrected chi connectivity index (χ3v) is 5.18. The second-order valence-electron chi connectivity index (χ2n) is 10.1. The summed E-state index contributed by atoms with van der Waals surface area (Å²) in [5.41, 5.74) is 3.96. The standard InChI is InChI=1S/C25H39N3O7/c1-16(2)8-6-10-18(29)15-28-13-7-9-17(23(28)33)14-21(31)19(11-12-20(30)22(26)32)27-24(34)35-25(3,4)5/h7,9,13,16,19-20,30H,6,8,10-12,14-15H2,1-5H3,(H2,26,32)(H,27,34)/t19-,20?/m0/s1. The van der Waals surface area contributed by atoms with Gasteiger partial charge in [-0.15, -0.1) is 0 Å². The number of rotatable bonds is 14. The topological polar surface area (TPSA) is 158 Å². The first kappa shape index (κ1) is 30.0. The van der Waals surface area contributed by atoms with Crippen LogP contribution in [0.1, 0.15) is 72.3 Å². The van der Waals surface area contributed by atoms with E-state index in [2.05, 4.69) is 19.2 Å². The van der Waals surface area contributed by atoms with Crippen LogP contribution in [0.5, 0.6) is 0 Å². The molecule has 1 unspecified atom stereocenters. The Kier molecular flexibility index (Phi) is 11.8. The molecule has 0 saturated carbocycles. The molecule has 0 bridgehead atoms. The van der Waals surface area contributed by atoms with E-state index in [-0.39, 0.29) is 37.2 Å². The maximum Gasteiger partial charge on any atom is 0.408 e. The summed E-state index contributed by atoms with van der Waals surface area (Å²) < 4.78 is 6.47. The van der Waals surface area contributed by atoms with Crippen LogP contribution in [0.3, 0.4) is 0 Å². The number of alkyl carbamates (subject to hydrolysis) is 1. The van der Waals surface area contributed by atoms with Crippen molar-refractivity contribution in [1.29, 1.82) is 0 Å². The highest BCUT2D eigenvalue weighted by atomic mass is 16.6. The van der Waals surface area contributed by atoms with Gasteiger partial charge in [-0.2, -0.15) is 0 Å². The molecule has 0 saturated heterocycles. The van der Waals surface area contributed by atoms with Crippen LogP contribution in [0.15, 0.2) is 23.1 Å². The first-order valence-corrected chi connectivity index (χ1v) is 11.9. The molecule has 0 aliphatic carbocycles. The van der Waals surface area contributed by atoms with E-state index in [1.807, 2.05) is 0 Å². The first-order chi connectivity index (χ1) is 16.2. The molecule has 10 heteroatoms. The van der Waals surface area contributed by atoms with Gasteiger partial charge >= 0.3 is 6.09 Å². The van der Waals surface area contributed by atoms with Crippen LogP contribution in [0, 0.1) is 5.92 Å². The fourth-order valence-corrected chi connectivity index (χ4v) is 3.36. The van der Waals surface area contributed by atoms with E-state index in [1.165, 1.54) is 16.8 Å². The predicted molar refractivity (Wildman–Crippen MR) is 131 cm³/mol. The monoisotopic (exact) mass is 493 g/mol. The van der Waals surface area contributed by atoms with Gasteiger partial charge in [-0.25, -0.2) is 4.79 Å². The summed E-state index contributed by atoms with van der Waals surface area (Å²) in [6.45, 7) is 9.07. The number of carbonyl (C=O) groups excluding carboxylic acids is 4. The van der Waals surface area contributed by atoms with Crippen molar-refractivity contribution in [2.24, 2.45) is 11.7 Å². The molecule has 2 amide bonds. The fourth-order valence-electron chi connectivity index (χ4n) is 3.36. The molecule has 2 atom stereocenters. The second-order valence-corrected chi connectivity index (χ2v) is 10.1. The average molecular weight is 494 g/mol. The number of aliphatic hydroxyl groups is 1. The van der Waals surface area contributed by atoms with E-state index >= 15 is 0 Å². The Morgan fingerprint density at radius 3 is 2.37 bits per heavy atom. The minimum atomic E-state index is -1.48. The van der Waals surface area contributed by atoms with E-state index in [0.717, 1.165) is 12.8 Å². The van der Waals surface area contributed by atoms with Crippen LogP contribution in [0.2, 0.25) is 0 Å². The maximum atomic E-state index is 13.0. The number of nitrogens with zero attached hydrogens (tertiary/aromatic N) is 1. The summed E-state index contributed by atoms with van der Waals surface area (Å²) in [6.07, 6.45) is 0.652. The number of ether oxygens (including phenoxy) is 1. The molecule has 0 spiro atoms. The largest absolute Gasteiger partial charge is 0.444 e. The number of Topliss-reactive ketones (excluding diaryl/α,β-unsaturated/α-hetero) is 2. The summed E-state index contributed by atoms with van der Waals surface area (Å²) in [7, 11) is 0. The van der Waals surface area contributed by atoms with Gasteiger partial charge in [-0.1, -0.05) is 26.3 Å². The zero-order valence-electron chi connectivity index (χ0n) is 21.3. The quantitative estimate of drug-likeness (QED) is 0.357. The molecule has 0 radical (unpaired) electrons. The van der Waals surface area contributed by atoms with Gasteiger partial charge in [0.25, 0.3) is 5.56 Å². The molecule has 1 aromatic heterocycles. The molecule has 1 rings (SSSR count). The lowest BCUT2D eigenvalue weighted by Gasteiger charge is -2.23. The van der Waals surface area contributed by atoms with E-state index in [1.54, 1.807) is 26.8 Å². The third-order valence-electron chi connectivity index (χ3n) is 5.18. The lowest BCUT2D eigenvalue weighted by Crippen LogP contribution is -2.45. The Balaban J connectivity index is 2.95. The molecular weight excluding hydrogens is 454 g/mol. The fraction of sp³-hybridized carbons (Fsp3) is 0.640. The highest BCUT2D eigenvalue weighted by molar-refractivity contribution is 5.89. The van der Waals surface area contributed by atoms with Crippen molar-refractivity contribution in [1.82, 2.24) is 9.88 Å². The molecule has 1 heterocycles. The number of nitrogens with one attached hydrogen (secondary N) is 1. The second kappa shape index (κ2) is 13.8. The lowest BCUT2D eigenvalue weighted by molar-refractivity contribution is -0.127. The third kappa shape index (κ3) is 11.8. The number of hydrogen-bond donors (Lipinski definition) is 3. The van der Waals surface area contributed by atoms with Gasteiger partial charge in [-0.05, 0) is 52.0 Å². The molecule has 4 N–H and O–H groups in total. The highest BCUT2D eigenvalue weighted by Gasteiger charge is 2.26. The van der Waals surface area contributed by atoms with Crippen molar-refractivity contribution in [3.8, 4) is 0 Å². The number of pyridine rings is 1. The Morgan fingerprint density at radius 2 is 1.80 bits per heavy atom. The van der Waals surface area contributed by atoms with Crippen molar-refractivity contribution in [3.63, 3.8) is 0 Å². The highest BCUT2D eigenvalue weighted by Crippen LogP contribution is 2.11. The average Bonchev–Trinajstić information content (AvgIpc) is 2.71. The Bertz CT molecular complexity index is 947. The Hall–Kier alpha value is -3.01. The number of ketones is 2. The number of primary amides is 1. The van der Waals surface area contributed by atoms with Crippen LogP contribution in [-0.2, 0) is 32.1 Å². The normalized spacial score (nSPS) is 13.2. The smallest absolute Gasteiger partial charge is 0.408 e. The van der Waals surface area contributed by atoms with E-state index in [0.29, 0.717) is 12.3 Å². The van der Waals surface area contributed by atoms with Gasteiger partial charge in [0.15, 0.2) is 11.6 Å². The molecule has 1 aromatic rings. The lowest BCUT2D eigenvalue weighted by atomic mass is 9.99. The van der Waals surface area contributed by atoms with Gasteiger partial charge in [0.05, 0.1) is 12.6 Å². The van der Waals surface area contributed by atoms with E-state index < -0.39 is 41.1 Å². The molecule has 0 aliphatic heterocycles. The number of aromatic nitrogens is 1. The summed E-state index contributed by atoms with van der Waals surface area (Å²) in [5, 5.41) is 12.2. The van der Waals surface area contributed by atoms with Crippen LogP contribution in [0.25, 0.3) is 0 Å². The Morgan fingerprint density at radius 1 is 1.14 bits per heavy atom. The molecule has 0 aromatic carbocycles. The van der Waals surface area contributed by atoms with E-state index in [4.69, 9.17) is 10.5 Å². The summed E-state index contributed by atoms with van der Waals surface area (Å²) >= 11 is 0. The number of hydrogen-bond acceptors (Lipinski definition) is 7. The number of nitrogens with two attached hydrogens (primary N) is 1. The van der Waals surface area contributed by atoms with Crippen molar-refractivity contribution in [3.05, 3.63) is 34.2 Å². The zero-order valence-corrected chi connectivity index (χ0v) is 21.3. The minimum absolute atomic E-state index is 0.0684. The van der Waals surface area contributed by atoms with Crippen molar-refractivity contribution in [2.45, 2.75) is 97.4 Å².